The molecule has 0 spiro atoms. The van der Waals surface area contributed by atoms with Crippen LogP contribution in [0.5, 0.6) is 0 Å². The molecule has 58 heavy (non-hydrogen) atoms. The SMILES string of the molecule is CCCCC/C=C/C/C=C/C/C=C/C/C=C/CCCCCC(=O)OC[C@H](COP(=O)(O)OC[C@@H](O)CO)OC(=O)CCCCCCCCCCCCCCCCCC. The number of ether oxygens (including phenoxy) is 2. The summed E-state index contributed by atoms with van der Waals surface area (Å²) in [4.78, 5) is 35.0. The van der Waals surface area contributed by atoms with Crippen molar-refractivity contribution in [2.75, 3.05) is 26.4 Å². The Kier molecular flexibility index (Phi) is 41.5. The Hall–Kier alpha value is -2.07. The highest BCUT2D eigenvalue weighted by atomic mass is 31.2. The minimum absolute atomic E-state index is 0.179. The predicted molar refractivity (Wildman–Crippen MR) is 237 cm³/mol. The Morgan fingerprint density at radius 2 is 0.897 bits per heavy atom. The first-order valence-electron chi connectivity index (χ1n) is 23.1. The van der Waals surface area contributed by atoms with E-state index in [4.69, 9.17) is 23.6 Å². The average molecular weight is 841 g/mol. The number of allylic oxidation sites excluding steroid dienone is 8. The van der Waals surface area contributed by atoms with E-state index in [2.05, 4.69) is 62.5 Å². The highest BCUT2D eigenvalue weighted by molar-refractivity contribution is 7.47. The van der Waals surface area contributed by atoms with Crippen molar-refractivity contribution in [3.63, 3.8) is 0 Å². The van der Waals surface area contributed by atoms with Gasteiger partial charge in [0.2, 0.25) is 0 Å². The number of esters is 2. The zero-order valence-electron chi connectivity index (χ0n) is 36.8. The molecule has 0 amide bonds. The number of carbonyl (C=O) groups is 2. The molecule has 0 aromatic carbocycles. The zero-order valence-corrected chi connectivity index (χ0v) is 37.6. The molecule has 0 aromatic heterocycles. The minimum atomic E-state index is -4.63. The van der Waals surface area contributed by atoms with Gasteiger partial charge in [-0.2, -0.15) is 0 Å². The molecular formula is C47H85O10P. The lowest BCUT2D eigenvalue weighted by atomic mass is 10.0. The number of carbonyl (C=O) groups excluding carboxylic acids is 2. The van der Waals surface area contributed by atoms with Gasteiger partial charge in [-0.25, -0.2) is 4.57 Å². The van der Waals surface area contributed by atoms with E-state index in [1.165, 1.54) is 103 Å². The third-order valence-electron chi connectivity index (χ3n) is 9.74. The molecule has 10 nitrogen and oxygen atoms in total. The number of aliphatic hydroxyl groups is 2. The highest BCUT2D eigenvalue weighted by Crippen LogP contribution is 2.43. The second-order valence-corrected chi connectivity index (χ2v) is 16.9. The van der Waals surface area contributed by atoms with E-state index < -0.39 is 51.8 Å². The zero-order chi connectivity index (χ0) is 42.6. The van der Waals surface area contributed by atoms with E-state index in [1.807, 2.05) is 0 Å². The Morgan fingerprint density at radius 1 is 0.517 bits per heavy atom. The van der Waals surface area contributed by atoms with Crippen LogP contribution in [-0.4, -0.2) is 65.7 Å². The number of hydrogen-bond donors (Lipinski definition) is 3. The molecule has 0 saturated carbocycles. The first-order chi connectivity index (χ1) is 28.2. The maximum Gasteiger partial charge on any atom is 0.472 e. The molecule has 0 radical (unpaired) electrons. The van der Waals surface area contributed by atoms with Gasteiger partial charge in [0.25, 0.3) is 0 Å². The lowest BCUT2D eigenvalue weighted by Crippen LogP contribution is -2.29. The van der Waals surface area contributed by atoms with Gasteiger partial charge in [0.1, 0.15) is 12.7 Å². The summed E-state index contributed by atoms with van der Waals surface area (Å²) in [6, 6.07) is 0. The summed E-state index contributed by atoms with van der Waals surface area (Å²) in [5.41, 5.74) is 0. The standard InChI is InChI=1S/C47H85O10P/c1-3-5-7-9-11-13-15-17-19-21-22-23-25-26-28-30-32-34-36-38-46(50)54-42-45(43-56-58(52,53)55-41-44(49)40-48)57-47(51)39-37-35-33-31-29-27-24-20-18-16-14-12-10-8-6-4-2/h11,13,17,19,22-23,26,28,44-45,48-49H,3-10,12,14-16,18,20-21,24-25,27,29-43H2,1-2H3,(H,52,53)/b13-11+,19-17+,23-22+,28-26+/t44-,45+/m0/s1. The molecule has 0 heterocycles. The van der Waals surface area contributed by atoms with Gasteiger partial charge in [0.05, 0.1) is 19.8 Å². The van der Waals surface area contributed by atoms with Crippen LogP contribution in [0.1, 0.15) is 200 Å². The topological polar surface area (TPSA) is 149 Å². The average Bonchev–Trinajstić information content (AvgIpc) is 3.21. The molecule has 11 heteroatoms. The van der Waals surface area contributed by atoms with Crippen LogP contribution in [0.25, 0.3) is 0 Å². The molecule has 0 aliphatic carbocycles. The second kappa shape index (κ2) is 43.0. The fraction of sp³-hybridized carbons (Fsp3) is 0.787. The van der Waals surface area contributed by atoms with Crippen molar-refractivity contribution in [3.05, 3.63) is 48.6 Å². The summed E-state index contributed by atoms with van der Waals surface area (Å²) in [6.07, 6.45) is 46.4. The Labute approximate surface area is 353 Å². The van der Waals surface area contributed by atoms with Gasteiger partial charge in [-0.3, -0.25) is 18.6 Å². The monoisotopic (exact) mass is 841 g/mol. The first-order valence-corrected chi connectivity index (χ1v) is 24.6. The van der Waals surface area contributed by atoms with Gasteiger partial charge >= 0.3 is 19.8 Å². The molecule has 1 unspecified atom stereocenters. The van der Waals surface area contributed by atoms with E-state index >= 15 is 0 Å². The molecule has 0 bridgehead atoms. The van der Waals surface area contributed by atoms with E-state index in [1.54, 1.807) is 0 Å². The largest absolute Gasteiger partial charge is 0.472 e. The lowest BCUT2D eigenvalue weighted by Gasteiger charge is -2.20. The van der Waals surface area contributed by atoms with Gasteiger partial charge in [0.15, 0.2) is 6.10 Å². The van der Waals surface area contributed by atoms with E-state index in [-0.39, 0.29) is 19.4 Å². The van der Waals surface area contributed by atoms with Crippen molar-refractivity contribution in [3.8, 4) is 0 Å². The van der Waals surface area contributed by atoms with Crippen molar-refractivity contribution >= 4 is 19.8 Å². The summed E-state index contributed by atoms with van der Waals surface area (Å²) in [6.45, 7) is 2.33. The molecular weight excluding hydrogens is 755 g/mol. The summed E-state index contributed by atoms with van der Waals surface area (Å²) in [7, 11) is -4.63. The molecule has 0 fully saturated rings. The summed E-state index contributed by atoms with van der Waals surface area (Å²) in [5.74, 6) is -0.956. The predicted octanol–water partition coefficient (Wildman–Crippen LogP) is 12.5. The smallest absolute Gasteiger partial charge is 0.462 e. The van der Waals surface area contributed by atoms with Gasteiger partial charge in [0, 0.05) is 12.8 Å². The van der Waals surface area contributed by atoms with Crippen molar-refractivity contribution in [2.24, 2.45) is 0 Å². The van der Waals surface area contributed by atoms with Crippen molar-refractivity contribution < 1.29 is 47.8 Å². The van der Waals surface area contributed by atoms with Crippen LogP contribution < -0.4 is 0 Å². The third kappa shape index (κ3) is 42.1. The first kappa shape index (κ1) is 55.9. The van der Waals surface area contributed by atoms with Crippen LogP contribution in [0.4, 0.5) is 0 Å². The third-order valence-corrected chi connectivity index (χ3v) is 10.7. The summed E-state index contributed by atoms with van der Waals surface area (Å²) >= 11 is 0. The Morgan fingerprint density at radius 3 is 1.38 bits per heavy atom. The quantitative estimate of drug-likeness (QED) is 0.0234. The van der Waals surface area contributed by atoms with Gasteiger partial charge in [-0.15, -0.1) is 0 Å². The second-order valence-electron chi connectivity index (χ2n) is 15.4. The number of aliphatic hydroxyl groups excluding tert-OH is 2. The van der Waals surface area contributed by atoms with Crippen LogP contribution in [0.2, 0.25) is 0 Å². The maximum absolute atomic E-state index is 12.6. The van der Waals surface area contributed by atoms with E-state index in [0.29, 0.717) is 12.8 Å². The van der Waals surface area contributed by atoms with E-state index in [9.17, 15) is 24.2 Å². The fourth-order valence-electron chi connectivity index (χ4n) is 6.15. The van der Waals surface area contributed by atoms with Crippen molar-refractivity contribution in [1.29, 1.82) is 0 Å². The normalized spacial score (nSPS) is 14.2. The van der Waals surface area contributed by atoms with Crippen LogP contribution >= 0.6 is 7.82 Å². The molecule has 0 rings (SSSR count). The van der Waals surface area contributed by atoms with Crippen molar-refractivity contribution in [1.82, 2.24) is 0 Å². The number of unbranched alkanes of at least 4 members (excludes halogenated alkanes) is 21. The summed E-state index contributed by atoms with van der Waals surface area (Å²) in [5, 5.41) is 18.4. The molecule has 0 aromatic rings. The molecule has 0 saturated heterocycles. The van der Waals surface area contributed by atoms with Crippen LogP contribution in [0.15, 0.2) is 48.6 Å². The number of hydrogen-bond acceptors (Lipinski definition) is 9. The van der Waals surface area contributed by atoms with Crippen LogP contribution in [0.3, 0.4) is 0 Å². The summed E-state index contributed by atoms with van der Waals surface area (Å²) < 4.78 is 32.7. The van der Waals surface area contributed by atoms with Gasteiger partial charge in [-0.05, 0) is 57.8 Å². The van der Waals surface area contributed by atoms with Gasteiger partial charge < -0.3 is 24.6 Å². The number of rotatable bonds is 43. The Bertz CT molecular complexity index is 1110. The molecule has 3 N–H and O–H groups in total. The van der Waals surface area contributed by atoms with Gasteiger partial charge in [-0.1, -0.05) is 178 Å². The van der Waals surface area contributed by atoms with E-state index in [0.717, 1.165) is 57.8 Å². The molecule has 0 aliphatic heterocycles. The number of phosphoric ester groups is 1. The lowest BCUT2D eigenvalue weighted by molar-refractivity contribution is -0.161. The molecule has 338 valence electrons. The molecule has 3 atom stereocenters. The highest BCUT2D eigenvalue weighted by Gasteiger charge is 2.27. The number of phosphoric acid groups is 1. The maximum atomic E-state index is 12.6. The molecule has 0 aliphatic rings. The Balaban J connectivity index is 4.31. The van der Waals surface area contributed by atoms with Crippen molar-refractivity contribution in [2.45, 2.75) is 212 Å². The van der Waals surface area contributed by atoms with Crippen LogP contribution in [0, 0.1) is 0 Å². The fourth-order valence-corrected chi connectivity index (χ4v) is 6.94. The minimum Gasteiger partial charge on any atom is -0.462 e. The van der Waals surface area contributed by atoms with Crippen LogP contribution in [-0.2, 0) is 32.7 Å².